The van der Waals surface area contributed by atoms with E-state index >= 15 is 0 Å². The first-order chi connectivity index (χ1) is 6.68. The maximum absolute atomic E-state index is 11.0. The van der Waals surface area contributed by atoms with Crippen LogP contribution in [0.4, 0.5) is 0 Å². The van der Waals surface area contributed by atoms with Crippen molar-refractivity contribution in [3.63, 3.8) is 0 Å². The number of aryl methyl sites for hydroxylation is 1. The highest BCUT2D eigenvalue weighted by Crippen LogP contribution is 2.32. The van der Waals surface area contributed by atoms with E-state index in [2.05, 4.69) is 11.4 Å². The van der Waals surface area contributed by atoms with Crippen LogP contribution in [-0.2, 0) is 4.79 Å². The van der Waals surface area contributed by atoms with Gasteiger partial charge in [-0.15, -0.1) is 11.3 Å². The molecule has 2 rings (SSSR count). The van der Waals surface area contributed by atoms with E-state index in [9.17, 15) is 4.79 Å². The molecule has 2 heterocycles. The van der Waals surface area contributed by atoms with Crippen molar-refractivity contribution in [2.75, 3.05) is 13.1 Å². The highest BCUT2D eigenvalue weighted by molar-refractivity contribution is 7.12. The van der Waals surface area contributed by atoms with Crippen molar-refractivity contribution in [3.05, 3.63) is 21.9 Å². The Balaban J connectivity index is 2.21. The van der Waals surface area contributed by atoms with E-state index in [1.165, 1.54) is 9.75 Å². The molecule has 1 fully saturated rings. The quantitative estimate of drug-likeness (QED) is 0.778. The number of carbonyl (C=O) groups is 1. The Bertz CT molecular complexity index is 348. The van der Waals surface area contributed by atoms with E-state index in [0.29, 0.717) is 6.54 Å². The van der Waals surface area contributed by atoms with Crippen molar-refractivity contribution in [1.29, 1.82) is 0 Å². The monoisotopic (exact) mass is 211 g/mol. The number of thiophene rings is 1. The SMILES string of the molecule is Cc1ccc([C@@H]2CNC[C@H]2C(=O)O)s1. The molecule has 4 heteroatoms. The lowest BCUT2D eigenvalue weighted by atomic mass is 9.95. The van der Waals surface area contributed by atoms with Crippen LogP contribution in [0.3, 0.4) is 0 Å². The van der Waals surface area contributed by atoms with E-state index in [-0.39, 0.29) is 11.8 Å². The van der Waals surface area contributed by atoms with Crippen molar-refractivity contribution < 1.29 is 9.90 Å². The Morgan fingerprint density at radius 1 is 1.57 bits per heavy atom. The van der Waals surface area contributed by atoms with E-state index in [0.717, 1.165) is 6.54 Å². The summed E-state index contributed by atoms with van der Waals surface area (Å²) in [5.74, 6) is -0.787. The molecule has 2 N–H and O–H groups in total. The molecule has 1 saturated heterocycles. The van der Waals surface area contributed by atoms with Gasteiger partial charge < -0.3 is 10.4 Å². The van der Waals surface area contributed by atoms with Gasteiger partial charge in [-0.05, 0) is 19.1 Å². The third-order valence-corrected chi connectivity index (χ3v) is 3.79. The summed E-state index contributed by atoms with van der Waals surface area (Å²) in [5.41, 5.74) is 0. The Morgan fingerprint density at radius 3 is 2.93 bits per heavy atom. The molecule has 0 aliphatic carbocycles. The summed E-state index contributed by atoms with van der Waals surface area (Å²) in [5, 5.41) is 12.2. The van der Waals surface area contributed by atoms with Gasteiger partial charge in [-0.2, -0.15) is 0 Å². The third kappa shape index (κ3) is 1.67. The third-order valence-electron chi connectivity index (χ3n) is 2.66. The highest BCUT2D eigenvalue weighted by Gasteiger charge is 2.34. The van der Waals surface area contributed by atoms with Crippen LogP contribution in [0.5, 0.6) is 0 Å². The van der Waals surface area contributed by atoms with Crippen LogP contribution >= 0.6 is 11.3 Å². The van der Waals surface area contributed by atoms with Crippen LogP contribution in [0.1, 0.15) is 15.7 Å². The first-order valence-corrected chi connectivity index (χ1v) is 5.50. The van der Waals surface area contributed by atoms with Gasteiger partial charge in [0.2, 0.25) is 0 Å². The number of rotatable bonds is 2. The Labute approximate surface area is 86.8 Å². The molecule has 0 amide bonds. The summed E-state index contributed by atoms with van der Waals surface area (Å²) in [6.45, 7) is 3.43. The number of nitrogens with one attached hydrogen (secondary N) is 1. The van der Waals surface area contributed by atoms with Gasteiger partial charge in [-0.1, -0.05) is 0 Å². The molecular formula is C10H13NO2S. The first-order valence-electron chi connectivity index (χ1n) is 4.68. The molecule has 1 aliphatic heterocycles. The second kappa shape index (κ2) is 3.71. The lowest BCUT2D eigenvalue weighted by Crippen LogP contribution is -2.20. The summed E-state index contributed by atoms with van der Waals surface area (Å²) in [4.78, 5) is 13.4. The second-order valence-corrected chi connectivity index (χ2v) is 4.98. The van der Waals surface area contributed by atoms with Crippen LogP contribution in [-0.4, -0.2) is 24.2 Å². The Kier molecular flexibility index (Phi) is 2.56. The van der Waals surface area contributed by atoms with Crippen molar-refractivity contribution >= 4 is 17.3 Å². The molecule has 0 radical (unpaired) electrons. The molecule has 0 spiro atoms. The molecule has 14 heavy (non-hydrogen) atoms. The molecule has 3 nitrogen and oxygen atoms in total. The molecule has 0 bridgehead atoms. The molecule has 1 aromatic rings. The van der Waals surface area contributed by atoms with E-state index in [1.807, 2.05) is 13.0 Å². The molecule has 76 valence electrons. The van der Waals surface area contributed by atoms with Gasteiger partial charge >= 0.3 is 5.97 Å². The van der Waals surface area contributed by atoms with Crippen LogP contribution < -0.4 is 5.32 Å². The number of carboxylic acids is 1. The highest BCUT2D eigenvalue weighted by atomic mass is 32.1. The van der Waals surface area contributed by atoms with Gasteiger partial charge in [0.05, 0.1) is 5.92 Å². The van der Waals surface area contributed by atoms with Gasteiger partial charge in [-0.3, -0.25) is 4.79 Å². The summed E-state index contributed by atoms with van der Waals surface area (Å²) in [6, 6.07) is 4.10. The van der Waals surface area contributed by atoms with Crippen molar-refractivity contribution in [1.82, 2.24) is 5.32 Å². The first kappa shape index (κ1) is 9.68. The normalized spacial score (nSPS) is 26.6. The predicted molar refractivity (Wildman–Crippen MR) is 55.8 cm³/mol. The average Bonchev–Trinajstić information content (AvgIpc) is 2.70. The minimum Gasteiger partial charge on any atom is -0.481 e. The predicted octanol–water partition coefficient (Wildman–Crippen LogP) is 1.44. The molecule has 1 aromatic heterocycles. The smallest absolute Gasteiger partial charge is 0.308 e. The largest absolute Gasteiger partial charge is 0.481 e. The number of aliphatic carboxylic acids is 1. The summed E-state index contributed by atoms with van der Waals surface area (Å²) in [7, 11) is 0. The zero-order chi connectivity index (χ0) is 10.1. The summed E-state index contributed by atoms with van der Waals surface area (Å²) < 4.78 is 0. The van der Waals surface area contributed by atoms with Gasteiger partial charge in [0, 0.05) is 28.8 Å². The minimum absolute atomic E-state index is 0.159. The lowest BCUT2D eigenvalue weighted by molar-refractivity contribution is -0.141. The van der Waals surface area contributed by atoms with Gasteiger partial charge in [-0.25, -0.2) is 0 Å². The average molecular weight is 211 g/mol. The Hall–Kier alpha value is -0.870. The zero-order valence-electron chi connectivity index (χ0n) is 7.99. The topological polar surface area (TPSA) is 49.3 Å². The molecular weight excluding hydrogens is 198 g/mol. The zero-order valence-corrected chi connectivity index (χ0v) is 8.80. The van der Waals surface area contributed by atoms with Gasteiger partial charge in [0.15, 0.2) is 0 Å². The molecule has 0 aromatic carbocycles. The van der Waals surface area contributed by atoms with Gasteiger partial charge in [0.1, 0.15) is 0 Å². The molecule has 0 saturated carbocycles. The molecule has 0 unspecified atom stereocenters. The summed E-state index contributed by atoms with van der Waals surface area (Å²) >= 11 is 1.70. The number of hydrogen-bond donors (Lipinski definition) is 2. The van der Waals surface area contributed by atoms with Crippen molar-refractivity contribution in [2.24, 2.45) is 5.92 Å². The van der Waals surface area contributed by atoms with Crippen molar-refractivity contribution in [2.45, 2.75) is 12.8 Å². The van der Waals surface area contributed by atoms with Crippen molar-refractivity contribution in [3.8, 4) is 0 Å². The fraction of sp³-hybridized carbons (Fsp3) is 0.500. The number of carboxylic acid groups (broad SMARTS) is 1. The van der Waals surface area contributed by atoms with Crippen LogP contribution in [0.2, 0.25) is 0 Å². The number of hydrogen-bond acceptors (Lipinski definition) is 3. The maximum atomic E-state index is 11.0. The van der Waals surface area contributed by atoms with E-state index in [4.69, 9.17) is 5.11 Å². The Morgan fingerprint density at radius 2 is 2.36 bits per heavy atom. The minimum atomic E-state index is -0.689. The van der Waals surface area contributed by atoms with Crippen LogP contribution in [0, 0.1) is 12.8 Å². The molecule has 2 atom stereocenters. The second-order valence-electron chi connectivity index (χ2n) is 3.66. The van der Waals surface area contributed by atoms with Crippen LogP contribution in [0.25, 0.3) is 0 Å². The van der Waals surface area contributed by atoms with Crippen LogP contribution in [0.15, 0.2) is 12.1 Å². The molecule has 1 aliphatic rings. The standard InChI is InChI=1S/C10H13NO2S/c1-6-2-3-9(14-6)7-4-11-5-8(7)10(12)13/h2-3,7-8,11H,4-5H2,1H3,(H,12,13)/t7-,8-/m1/s1. The fourth-order valence-corrected chi connectivity index (χ4v) is 2.93. The summed E-state index contributed by atoms with van der Waals surface area (Å²) in [6.07, 6.45) is 0. The van der Waals surface area contributed by atoms with E-state index in [1.54, 1.807) is 11.3 Å². The maximum Gasteiger partial charge on any atom is 0.308 e. The lowest BCUT2D eigenvalue weighted by Gasteiger charge is -2.11. The fourth-order valence-electron chi connectivity index (χ4n) is 1.89. The van der Waals surface area contributed by atoms with Gasteiger partial charge in [0.25, 0.3) is 0 Å². The van der Waals surface area contributed by atoms with E-state index < -0.39 is 5.97 Å².